The number of nitrogens with zero attached hydrogens (tertiary/aromatic N) is 3. The third-order valence-electron chi connectivity index (χ3n) is 3.18. The van der Waals surface area contributed by atoms with E-state index in [9.17, 15) is 4.79 Å². The summed E-state index contributed by atoms with van der Waals surface area (Å²) in [4.78, 5) is 11.8. The van der Waals surface area contributed by atoms with Crippen molar-refractivity contribution in [2.45, 2.75) is 13.5 Å². The molecule has 0 radical (unpaired) electrons. The first-order valence-electron chi connectivity index (χ1n) is 6.48. The highest BCUT2D eigenvalue weighted by Gasteiger charge is 2.08. The van der Waals surface area contributed by atoms with E-state index in [0.717, 1.165) is 11.3 Å². The normalized spacial score (nSPS) is 9.95. The van der Waals surface area contributed by atoms with Gasteiger partial charge < -0.3 is 10.1 Å². The van der Waals surface area contributed by atoms with Gasteiger partial charge in [0.1, 0.15) is 11.8 Å². The number of aromatic nitrogens is 2. The van der Waals surface area contributed by atoms with E-state index in [1.807, 2.05) is 20.0 Å². The smallest absolute Gasteiger partial charge is 0.258 e. The zero-order valence-corrected chi connectivity index (χ0v) is 12.0. The summed E-state index contributed by atoms with van der Waals surface area (Å²) in [6.45, 7) is 2.22. The Labute approximate surface area is 123 Å². The molecule has 0 fully saturated rings. The maximum absolute atomic E-state index is 11.8. The molecule has 6 nitrogen and oxygen atoms in total. The SMILES string of the molecule is Cc1c(CNC(=O)COc2ccccc2C#N)cnn1C. The summed E-state index contributed by atoms with van der Waals surface area (Å²) >= 11 is 0. The molecule has 6 heteroatoms. The summed E-state index contributed by atoms with van der Waals surface area (Å²) in [5.74, 6) is 0.165. The van der Waals surface area contributed by atoms with Crippen molar-refractivity contribution in [2.75, 3.05) is 6.61 Å². The van der Waals surface area contributed by atoms with Gasteiger partial charge >= 0.3 is 0 Å². The number of nitrogens with one attached hydrogen (secondary N) is 1. The number of aryl methyl sites for hydroxylation is 1. The van der Waals surface area contributed by atoms with Gasteiger partial charge in [-0.05, 0) is 19.1 Å². The minimum atomic E-state index is -0.244. The number of rotatable bonds is 5. The van der Waals surface area contributed by atoms with Gasteiger partial charge in [0.25, 0.3) is 5.91 Å². The van der Waals surface area contributed by atoms with Crippen molar-refractivity contribution in [2.24, 2.45) is 7.05 Å². The van der Waals surface area contributed by atoms with Crippen molar-refractivity contribution in [1.29, 1.82) is 5.26 Å². The van der Waals surface area contributed by atoms with Crippen molar-refractivity contribution >= 4 is 5.91 Å². The summed E-state index contributed by atoms with van der Waals surface area (Å²) < 4.78 is 7.11. The fraction of sp³-hybridized carbons (Fsp3) is 0.267. The Morgan fingerprint density at radius 2 is 2.24 bits per heavy atom. The first kappa shape index (κ1) is 14.6. The molecule has 108 valence electrons. The van der Waals surface area contributed by atoms with Gasteiger partial charge in [0.2, 0.25) is 0 Å². The minimum absolute atomic E-state index is 0.127. The highest BCUT2D eigenvalue weighted by molar-refractivity contribution is 5.77. The molecule has 1 amide bonds. The van der Waals surface area contributed by atoms with Crippen LogP contribution in [0.4, 0.5) is 0 Å². The molecule has 0 saturated heterocycles. The van der Waals surface area contributed by atoms with E-state index in [-0.39, 0.29) is 12.5 Å². The van der Waals surface area contributed by atoms with E-state index in [2.05, 4.69) is 10.4 Å². The van der Waals surface area contributed by atoms with E-state index in [0.29, 0.717) is 17.9 Å². The first-order valence-corrected chi connectivity index (χ1v) is 6.48. The lowest BCUT2D eigenvalue weighted by molar-refractivity contribution is -0.123. The van der Waals surface area contributed by atoms with Crippen LogP contribution in [0.3, 0.4) is 0 Å². The number of carbonyl (C=O) groups excluding carboxylic acids is 1. The summed E-state index contributed by atoms with van der Waals surface area (Å²) in [6.07, 6.45) is 1.72. The van der Waals surface area contributed by atoms with Crippen molar-refractivity contribution in [3.05, 3.63) is 47.3 Å². The second kappa shape index (κ2) is 6.57. The van der Waals surface area contributed by atoms with Crippen LogP contribution >= 0.6 is 0 Å². The lowest BCUT2D eigenvalue weighted by Gasteiger charge is -2.08. The monoisotopic (exact) mass is 284 g/mol. The van der Waals surface area contributed by atoms with Crippen LogP contribution in [0.15, 0.2) is 30.5 Å². The van der Waals surface area contributed by atoms with Crippen LogP contribution in [-0.2, 0) is 18.4 Å². The minimum Gasteiger partial charge on any atom is -0.482 e. The van der Waals surface area contributed by atoms with Crippen LogP contribution in [0.1, 0.15) is 16.8 Å². The quantitative estimate of drug-likeness (QED) is 0.897. The first-order chi connectivity index (χ1) is 10.1. The molecule has 0 aliphatic rings. The molecular weight excluding hydrogens is 268 g/mol. The third-order valence-corrected chi connectivity index (χ3v) is 3.18. The second-order valence-corrected chi connectivity index (χ2v) is 4.55. The van der Waals surface area contributed by atoms with E-state index >= 15 is 0 Å². The predicted octanol–water partition coefficient (Wildman–Crippen LogP) is 1.30. The second-order valence-electron chi connectivity index (χ2n) is 4.55. The Kier molecular flexibility index (Phi) is 4.57. The Bertz CT molecular complexity index is 685. The van der Waals surface area contributed by atoms with Gasteiger partial charge in [-0.15, -0.1) is 0 Å². The average Bonchev–Trinajstić information content (AvgIpc) is 2.82. The van der Waals surface area contributed by atoms with Crippen molar-refractivity contribution in [3.8, 4) is 11.8 Å². The van der Waals surface area contributed by atoms with E-state index in [1.165, 1.54) is 0 Å². The zero-order valence-electron chi connectivity index (χ0n) is 12.0. The topological polar surface area (TPSA) is 79.9 Å². The van der Waals surface area contributed by atoms with Crippen LogP contribution in [0.2, 0.25) is 0 Å². The number of ether oxygens (including phenoxy) is 1. The van der Waals surface area contributed by atoms with Crippen LogP contribution in [0.5, 0.6) is 5.75 Å². The fourth-order valence-corrected chi connectivity index (χ4v) is 1.79. The van der Waals surface area contributed by atoms with Gasteiger partial charge in [0, 0.05) is 24.8 Å². The van der Waals surface area contributed by atoms with Gasteiger partial charge in [-0.1, -0.05) is 12.1 Å². The highest BCUT2D eigenvalue weighted by Crippen LogP contribution is 2.16. The average molecular weight is 284 g/mol. The highest BCUT2D eigenvalue weighted by atomic mass is 16.5. The number of hydrogen-bond acceptors (Lipinski definition) is 4. The van der Waals surface area contributed by atoms with Crippen LogP contribution in [0, 0.1) is 18.3 Å². The summed E-state index contributed by atoms with van der Waals surface area (Å²) in [5, 5.41) is 15.8. The van der Waals surface area contributed by atoms with Gasteiger partial charge in [0.15, 0.2) is 6.61 Å². The van der Waals surface area contributed by atoms with E-state index in [4.69, 9.17) is 10.00 Å². The van der Waals surface area contributed by atoms with Crippen molar-refractivity contribution < 1.29 is 9.53 Å². The number of amides is 1. The molecule has 1 aromatic carbocycles. The molecule has 0 spiro atoms. The van der Waals surface area contributed by atoms with Crippen LogP contribution < -0.4 is 10.1 Å². The number of carbonyl (C=O) groups is 1. The van der Waals surface area contributed by atoms with Gasteiger partial charge in [-0.25, -0.2) is 0 Å². The number of nitriles is 1. The predicted molar refractivity (Wildman–Crippen MR) is 76.4 cm³/mol. The molecule has 1 N–H and O–H groups in total. The lowest BCUT2D eigenvalue weighted by atomic mass is 10.2. The zero-order chi connectivity index (χ0) is 15.2. The molecule has 0 unspecified atom stereocenters. The summed E-state index contributed by atoms with van der Waals surface area (Å²) in [7, 11) is 1.85. The molecule has 0 saturated carbocycles. The largest absolute Gasteiger partial charge is 0.482 e. The molecular formula is C15H16N4O2. The van der Waals surface area contributed by atoms with Crippen molar-refractivity contribution in [1.82, 2.24) is 15.1 Å². The summed E-state index contributed by atoms with van der Waals surface area (Å²) in [5.41, 5.74) is 2.38. The number of para-hydroxylation sites is 1. The lowest BCUT2D eigenvalue weighted by Crippen LogP contribution is -2.28. The van der Waals surface area contributed by atoms with Crippen LogP contribution in [-0.4, -0.2) is 22.3 Å². The van der Waals surface area contributed by atoms with E-state index < -0.39 is 0 Å². The molecule has 0 atom stereocenters. The molecule has 0 aliphatic carbocycles. The Morgan fingerprint density at radius 3 is 2.90 bits per heavy atom. The van der Waals surface area contributed by atoms with Crippen molar-refractivity contribution in [3.63, 3.8) is 0 Å². The molecule has 2 rings (SSSR count). The van der Waals surface area contributed by atoms with E-state index in [1.54, 1.807) is 35.1 Å². The van der Waals surface area contributed by atoms with Crippen LogP contribution in [0.25, 0.3) is 0 Å². The standard InChI is InChI=1S/C15H16N4O2/c1-11-13(9-18-19(11)2)8-17-15(20)10-21-14-6-4-3-5-12(14)7-16/h3-6,9H,8,10H2,1-2H3,(H,17,20). The molecule has 2 aromatic rings. The number of hydrogen-bond donors (Lipinski definition) is 1. The molecule has 1 heterocycles. The maximum atomic E-state index is 11.8. The molecule has 0 bridgehead atoms. The van der Waals surface area contributed by atoms with Gasteiger partial charge in [-0.2, -0.15) is 10.4 Å². The van der Waals surface area contributed by atoms with Gasteiger partial charge in [0.05, 0.1) is 11.8 Å². The molecule has 1 aromatic heterocycles. The molecule has 0 aliphatic heterocycles. The molecule has 21 heavy (non-hydrogen) atoms. The Morgan fingerprint density at radius 1 is 1.48 bits per heavy atom. The summed E-state index contributed by atoms with van der Waals surface area (Å²) in [6, 6.07) is 8.83. The number of benzene rings is 1. The Hall–Kier alpha value is -2.81. The third kappa shape index (κ3) is 3.60. The maximum Gasteiger partial charge on any atom is 0.258 e. The fourth-order valence-electron chi connectivity index (χ4n) is 1.79. The Balaban J connectivity index is 1.85. The van der Waals surface area contributed by atoms with Gasteiger partial charge in [-0.3, -0.25) is 9.48 Å².